The molecule has 4 nitrogen and oxygen atoms in total. The third-order valence-corrected chi connectivity index (χ3v) is 4.65. The number of thiazole rings is 1. The fourth-order valence-electron chi connectivity index (χ4n) is 1.85. The van der Waals surface area contributed by atoms with Crippen molar-refractivity contribution in [1.29, 1.82) is 0 Å². The van der Waals surface area contributed by atoms with E-state index in [1.807, 2.05) is 29.6 Å². The van der Waals surface area contributed by atoms with Crippen LogP contribution in [-0.4, -0.2) is 16.5 Å². The third-order valence-electron chi connectivity index (χ3n) is 2.80. The lowest BCUT2D eigenvalue weighted by atomic mass is 10.3. The Bertz CT molecular complexity index is 795. The summed E-state index contributed by atoms with van der Waals surface area (Å²) in [7, 11) is 1.65. The Morgan fingerprint density at radius 3 is 3.10 bits per heavy atom. The van der Waals surface area contributed by atoms with E-state index in [4.69, 9.17) is 4.74 Å². The molecule has 0 radical (unpaired) electrons. The molecule has 3 aromatic rings. The maximum atomic E-state index is 11.9. The molecule has 0 N–H and O–H groups in total. The smallest absolute Gasteiger partial charge is 0.258 e. The summed E-state index contributed by atoms with van der Waals surface area (Å²) in [6.07, 6.45) is 1.74. The van der Waals surface area contributed by atoms with E-state index in [1.54, 1.807) is 35.5 Å². The van der Waals surface area contributed by atoms with Gasteiger partial charge in [-0.25, -0.2) is 4.98 Å². The molecule has 6 heteroatoms. The van der Waals surface area contributed by atoms with Crippen LogP contribution in [0.4, 0.5) is 0 Å². The molecular weight excluding hydrogens is 292 g/mol. The van der Waals surface area contributed by atoms with Gasteiger partial charge in [0, 0.05) is 28.3 Å². The van der Waals surface area contributed by atoms with Gasteiger partial charge in [0.05, 0.1) is 12.8 Å². The van der Waals surface area contributed by atoms with Gasteiger partial charge in [-0.2, -0.15) is 0 Å². The average Bonchev–Trinajstić information content (AvgIpc) is 2.94. The first kappa shape index (κ1) is 13.2. The SMILES string of the molecule is COc1ccccc1SCc1cc(=O)n2ccsc2n1. The van der Waals surface area contributed by atoms with E-state index in [-0.39, 0.29) is 5.56 Å². The summed E-state index contributed by atoms with van der Waals surface area (Å²) in [5.74, 6) is 1.48. The van der Waals surface area contributed by atoms with E-state index in [0.29, 0.717) is 5.75 Å². The lowest BCUT2D eigenvalue weighted by molar-refractivity contribution is 0.405. The van der Waals surface area contributed by atoms with Crippen LogP contribution in [-0.2, 0) is 5.75 Å². The minimum atomic E-state index is -0.0353. The Hall–Kier alpha value is -1.79. The number of hydrogen-bond donors (Lipinski definition) is 0. The highest BCUT2D eigenvalue weighted by Crippen LogP contribution is 2.30. The molecule has 0 saturated carbocycles. The predicted molar refractivity (Wildman–Crippen MR) is 81.9 cm³/mol. The molecule has 0 atom stereocenters. The van der Waals surface area contributed by atoms with Gasteiger partial charge >= 0.3 is 0 Å². The fourth-order valence-corrected chi connectivity index (χ4v) is 3.51. The largest absolute Gasteiger partial charge is 0.496 e. The molecule has 2 aromatic heterocycles. The average molecular weight is 304 g/mol. The van der Waals surface area contributed by atoms with Gasteiger partial charge in [0.1, 0.15) is 5.75 Å². The summed E-state index contributed by atoms with van der Waals surface area (Å²) in [6, 6.07) is 9.41. The number of hydrogen-bond acceptors (Lipinski definition) is 5. The van der Waals surface area contributed by atoms with Gasteiger partial charge in [0.15, 0.2) is 4.96 Å². The van der Waals surface area contributed by atoms with Gasteiger partial charge in [0.2, 0.25) is 0 Å². The number of methoxy groups -OCH3 is 1. The van der Waals surface area contributed by atoms with Crippen LogP contribution in [0.1, 0.15) is 5.69 Å². The van der Waals surface area contributed by atoms with E-state index >= 15 is 0 Å². The molecule has 20 heavy (non-hydrogen) atoms. The highest BCUT2D eigenvalue weighted by molar-refractivity contribution is 7.98. The molecule has 0 spiro atoms. The molecule has 0 fully saturated rings. The van der Waals surface area contributed by atoms with Crippen molar-refractivity contribution in [3.05, 3.63) is 58.0 Å². The van der Waals surface area contributed by atoms with Gasteiger partial charge in [-0.05, 0) is 12.1 Å². The predicted octanol–water partition coefficient (Wildman–Crippen LogP) is 3.06. The molecule has 0 unspecified atom stereocenters. The summed E-state index contributed by atoms with van der Waals surface area (Å²) in [6.45, 7) is 0. The molecule has 2 heterocycles. The highest BCUT2D eigenvalue weighted by atomic mass is 32.2. The van der Waals surface area contributed by atoms with Crippen LogP contribution >= 0.6 is 23.1 Å². The lowest BCUT2D eigenvalue weighted by Gasteiger charge is -2.07. The van der Waals surface area contributed by atoms with E-state index in [9.17, 15) is 4.79 Å². The Labute approximate surface area is 124 Å². The molecule has 0 aliphatic heterocycles. The highest BCUT2D eigenvalue weighted by Gasteiger charge is 2.06. The molecule has 0 aliphatic carbocycles. The zero-order chi connectivity index (χ0) is 13.9. The van der Waals surface area contributed by atoms with Crippen molar-refractivity contribution < 1.29 is 4.74 Å². The van der Waals surface area contributed by atoms with Gasteiger partial charge < -0.3 is 4.74 Å². The molecule has 1 aromatic carbocycles. The first-order valence-electron chi connectivity index (χ1n) is 5.99. The van der Waals surface area contributed by atoms with Crippen molar-refractivity contribution in [1.82, 2.24) is 9.38 Å². The molecule has 0 saturated heterocycles. The van der Waals surface area contributed by atoms with Crippen LogP contribution in [0.3, 0.4) is 0 Å². The fraction of sp³-hybridized carbons (Fsp3) is 0.143. The lowest BCUT2D eigenvalue weighted by Crippen LogP contribution is -2.12. The van der Waals surface area contributed by atoms with Gasteiger partial charge in [0.25, 0.3) is 5.56 Å². The second-order valence-electron chi connectivity index (χ2n) is 4.08. The van der Waals surface area contributed by atoms with Gasteiger partial charge in [-0.3, -0.25) is 9.20 Å². The Morgan fingerprint density at radius 1 is 1.40 bits per heavy atom. The van der Waals surface area contributed by atoms with Crippen molar-refractivity contribution in [2.24, 2.45) is 0 Å². The second-order valence-corrected chi connectivity index (χ2v) is 5.97. The third kappa shape index (κ3) is 2.57. The van der Waals surface area contributed by atoms with E-state index in [0.717, 1.165) is 21.3 Å². The van der Waals surface area contributed by atoms with Gasteiger partial charge in [-0.15, -0.1) is 23.1 Å². The monoisotopic (exact) mass is 304 g/mol. The second kappa shape index (κ2) is 5.68. The molecule has 0 amide bonds. The Balaban J connectivity index is 1.85. The number of rotatable bonds is 4. The number of para-hydroxylation sites is 1. The van der Waals surface area contributed by atoms with E-state index in [1.165, 1.54) is 11.3 Å². The minimum Gasteiger partial charge on any atom is -0.496 e. The summed E-state index contributed by atoms with van der Waals surface area (Å²) < 4.78 is 6.87. The molecule has 0 bridgehead atoms. The summed E-state index contributed by atoms with van der Waals surface area (Å²) in [5, 5.41) is 1.86. The molecule has 3 rings (SSSR count). The Kier molecular flexibility index (Phi) is 3.75. The standard InChI is InChI=1S/C14H12N2O2S2/c1-18-11-4-2-3-5-12(11)20-9-10-8-13(17)16-6-7-19-14(16)15-10/h2-8H,9H2,1H3. The maximum Gasteiger partial charge on any atom is 0.258 e. The first-order chi connectivity index (χ1) is 9.78. The number of fused-ring (bicyclic) bond motifs is 1. The van der Waals surface area contributed by atoms with Crippen LogP contribution < -0.4 is 10.3 Å². The molecule has 0 aliphatic rings. The first-order valence-corrected chi connectivity index (χ1v) is 7.86. The number of ether oxygens (including phenoxy) is 1. The number of thioether (sulfide) groups is 1. The summed E-state index contributed by atoms with van der Waals surface area (Å²) in [5.41, 5.74) is 0.750. The van der Waals surface area contributed by atoms with Crippen LogP contribution in [0.5, 0.6) is 5.75 Å². The normalized spacial score (nSPS) is 10.8. The minimum absolute atomic E-state index is 0.0353. The van der Waals surface area contributed by atoms with E-state index < -0.39 is 0 Å². The molecule has 102 valence electrons. The zero-order valence-corrected chi connectivity index (χ0v) is 12.4. The Morgan fingerprint density at radius 2 is 2.25 bits per heavy atom. The van der Waals surface area contributed by atoms with Crippen LogP contribution in [0.2, 0.25) is 0 Å². The van der Waals surface area contributed by atoms with Crippen LogP contribution in [0, 0.1) is 0 Å². The van der Waals surface area contributed by atoms with E-state index in [2.05, 4.69) is 4.98 Å². The molecular formula is C14H12N2O2S2. The van der Waals surface area contributed by atoms with Crippen molar-refractivity contribution in [3.63, 3.8) is 0 Å². The summed E-state index contributed by atoms with van der Waals surface area (Å²) >= 11 is 3.08. The topological polar surface area (TPSA) is 43.6 Å². The summed E-state index contributed by atoms with van der Waals surface area (Å²) in [4.78, 5) is 18.2. The number of aromatic nitrogens is 2. The number of benzene rings is 1. The van der Waals surface area contributed by atoms with Crippen LogP contribution in [0.25, 0.3) is 4.96 Å². The number of nitrogens with zero attached hydrogens (tertiary/aromatic N) is 2. The van der Waals surface area contributed by atoms with Crippen molar-refractivity contribution in [3.8, 4) is 5.75 Å². The van der Waals surface area contributed by atoms with Crippen molar-refractivity contribution in [2.75, 3.05) is 7.11 Å². The van der Waals surface area contributed by atoms with Gasteiger partial charge in [-0.1, -0.05) is 12.1 Å². The maximum absolute atomic E-state index is 11.9. The van der Waals surface area contributed by atoms with Crippen molar-refractivity contribution in [2.45, 2.75) is 10.6 Å². The zero-order valence-electron chi connectivity index (χ0n) is 10.8. The van der Waals surface area contributed by atoms with Crippen LogP contribution in [0.15, 0.2) is 51.6 Å². The quantitative estimate of drug-likeness (QED) is 0.695. The van der Waals surface area contributed by atoms with Crippen molar-refractivity contribution >= 4 is 28.1 Å².